The standard InChI is InChI=1S/C12H20N4O2/c1-17-12-10(13)2-3-11(15-12)14-4-5-16-6-8-18-9-7-16/h2-3H,4-9,13H2,1H3,(H,14,15). The zero-order chi connectivity index (χ0) is 12.8. The number of nitrogens with zero attached hydrogens (tertiary/aromatic N) is 2. The highest BCUT2D eigenvalue weighted by molar-refractivity contribution is 5.53. The van der Waals surface area contributed by atoms with E-state index in [1.54, 1.807) is 13.2 Å². The number of methoxy groups -OCH3 is 1. The molecule has 1 saturated heterocycles. The van der Waals surface area contributed by atoms with E-state index >= 15 is 0 Å². The number of nitrogen functional groups attached to an aromatic ring is 1. The number of rotatable bonds is 5. The van der Waals surface area contributed by atoms with Crippen molar-refractivity contribution in [1.29, 1.82) is 0 Å². The molecule has 0 aliphatic carbocycles. The van der Waals surface area contributed by atoms with Crippen molar-refractivity contribution in [3.8, 4) is 5.88 Å². The van der Waals surface area contributed by atoms with Gasteiger partial charge in [-0.3, -0.25) is 4.90 Å². The lowest BCUT2D eigenvalue weighted by atomic mass is 10.4. The molecule has 0 atom stereocenters. The van der Waals surface area contributed by atoms with Crippen LogP contribution in [0.4, 0.5) is 11.5 Å². The van der Waals surface area contributed by atoms with Crippen LogP contribution in [0.3, 0.4) is 0 Å². The van der Waals surface area contributed by atoms with Gasteiger partial charge in [0.05, 0.1) is 26.0 Å². The fourth-order valence-corrected chi connectivity index (χ4v) is 1.88. The van der Waals surface area contributed by atoms with Crippen LogP contribution < -0.4 is 15.8 Å². The number of anilines is 2. The predicted octanol–water partition coefficient (Wildman–Crippen LogP) is 0.417. The maximum Gasteiger partial charge on any atom is 0.238 e. The van der Waals surface area contributed by atoms with Gasteiger partial charge in [0.25, 0.3) is 0 Å². The molecule has 6 nitrogen and oxygen atoms in total. The third-order valence-electron chi connectivity index (χ3n) is 2.92. The highest BCUT2D eigenvalue weighted by Gasteiger charge is 2.09. The second-order valence-electron chi connectivity index (χ2n) is 4.18. The first-order valence-electron chi connectivity index (χ1n) is 6.14. The molecular formula is C12H20N4O2. The molecule has 100 valence electrons. The van der Waals surface area contributed by atoms with Gasteiger partial charge in [-0.1, -0.05) is 0 Å². The molecule has 1 aromatic rings. The molecular weight excluding hydrogens is 232 g/mol. The van der Waals surface area contributed by atoms with Crippen LogP contribution >= 0.6 is 0 Å². The van der Waals surface area contributed by atoms with Gasteiger partial charge in [-0.05, 0) is 12.1 Å². The number of ether oxygens (including phenoxy) is 2. The third-order valence-corrected chi connectivity index (χ3v) is 2.92. The Morgan fingerprint density at radius 3 is 2.94 bits per heavy atom. The fraction of sp³-hybridized carbons (Fsp3) is 0.583. The van der Waals surface area contributed by atoms with Crippen molar-refractivity contribution in [1.82, 2.24) is 9.88 Å². The minimum Gasteiger partial charge on any atom is -0.479 e. The van der Waals surface area contributed by atoms with Crippen molar-refractivity contribution in [2.24, 2.45) is 0 Å². The Morgan fingerprint density at radius 2 is 2.22 bits per heavy atom. The molecule has 1 aromatic heterocycles. The molecule has 0 aromatic carbocycles. The van der Waals surface area contributed by atoms with Gasteiger partial charge in [-0.15, -0.1) is 0 Å². The normalized spacial score (nSPS) is 16.5. The quantitative estimate of drug-likeness (QED) is 0.791. The summed E-state index contributed by atoms with van der Waals surface area (Å²) in [5.74, 6) is 1.25. The number of nitrogens with one attached hydrogen (secondary N) is 1. The van der Waals surface area contributed by atoms with Crippen LogP contribution in [0.1, 0.15) is 0 Å². The summed E-state index contributed by atoms with van der Waals surface area (Å²) in [4.78, 5) is 6.64. The molecule has 0 spiro atoms. The second kappa shape index (κ2) is 6.42. The SMILES string of the molecule is COc1nc(NCCN2CCOCC2)ccc1N. The van der Waals surface area contributed by atoms with Gasteiger partial charge in [-0.25, -0.2) is 0 Å². The minimum absolute atomic E-state index is 0.464. The molecule has 0 saturated carbocycles. The Labute approximate surface area is 107 Å². The van der Waals surface area contributed by atoms with Crippen LogP contribution in [0.5, 0.6) is 5.88 Å². The maximum absolute atomic E-state index is 5.71. The summed E-state index contributed by atoms with van der Waals surface area (Å²) in [5, 5.41) is 3.26. The maximum atomic E-state index is 5.71. The summed E-state index contributed by atoms with van der Waals surface area (Å²) in [7, 11) is 1.57. The molecule has 0 bridgehead atoms. The van der Waals surface area contributed by atoms with Crippen molar-refractivity contribution < 1.29 is 9.47 Å². The molecule has 0 amide bonds. The van der Waals surface area contributed by atoms with E-state index in [9.17, 15) is 0 Å². The van der Waals surface area contributed by atoms with Crippen molar-refractivity contribution in [3.05, 3.63) is 12.1 Å². The summed E-state index contributed by atoms with van der Waals surface area (Å²) in [6.45, 7) is 5.49. The lowest BCUT2D eigenvalue weighted by Gasteiger charge is -2.26. The Hall–Kier alpha value is -1.53. The van der Waals surface area contributed by atoms with Crippen molar-refractivity contribution >= 4 is 11.5 Å². The van der Waals surface area contributed by atoms with Crippen LogP contribution in [-0.2, 0) is 4.74 Å². The van der Waals surface area contributed by atoms with E-state index in [-0.39, 0.29) is 0 Å². The molecule has 1 aliphatic rings. The first-order valence-corrected chi connectivity index (χ1v) is 6.14. The topological polar surface area (TPSA) is 72.6 Å². The zero-order valence-corrected chi connectivity index (χ0v) is 10.7. The number of nitrogens with two attached hydrogens (primary N) is 1. The monoisotopic (exact) mass is 252 g/mol. The second-order valence-corrected chi connectivity index (χ2v) is 4.18. The number of pyridine rings is 1. The highest BCUT2D eigenvalue weighted by atomic mass is 16.5. The molecule has 2 heterocycles. The minimum atomic E-state index is 0.464. The molecule has 0 unspecified atom stereocenters. The van der Waals surface area contributed by atoms with E-state index in [4.69, 9.17) is 15.2 Å². The van der Waals surface area contributed by atoms with Gasteiger partial charge >= 0.3 is 0 Å². The Morgan fingerprint density at radius 1 is 1.44 bits per heavy atom. The average Bonchev–Trinajstić information content (AvgIpc) is 2.42. The van der Waals surface area contributed by atoms with E-state index in [2.05, 4.69) is 15.2 Å². The van der Waals surface area contributed by atoms with Crippen molar-refractivity contribution in [3.63, 3.8) is 0 Å². The largest absolute Gasteiger partial charge is 0.479 e. The number of morpholine rings is 1. The van der Waals surface area contributed by atoms with E-state index in [1.807, 2.05) is 6.07 Å². The third kappa shape index (κ3) is 3.48. The van der Waals surface area contributed by atoms with Crippen molar-refractivity contribution in [2.45, 2.75) is 0 Å². The van der Waals surface area contributed by atoms with Crippen LogP contribution in [0.25, 0.3) is 0 Å². The number of hydrogen-bond donors (Lipinski definition) is 2. The molecule has 18 heavy (non-hydrogen) atoms. The smallest absolute Gasteiger partial charge is 0.238 e. The van der Waals surface area contributed by atoms with Crippen LogP contribution in [0.2, 0.25) is 0 Å². The van der Waals surface area contributed by atoms with Gasteiger partial charge in [-0.2, -0.15) is 4.98 Å². The summed E-state index contributed by atoms with van der Waals surface area (Å²) in [6.07, 6.45) is 0. The predicted molar refractivity (Wildman–Crippen MR) is 71.0 cm³/mol. The molecule has 3 N–H and O–H groups in total. The van der Waals surface area contributed by atoms with Gasteiger partial charge in [0.2, 0.25) is 5.88 Å². The van der Waals surface area contributed by atoms with Gasteiger partial charge in [0, 0.05) is 26.2 Å². The van der Waals surface area contributed by atoms with E-state index in [0.717, 1.165) is 45.2 Å². The highest BCUT2D eigenvalue weighted by Crippen LogP contribution is 2.19. The molecule has 1 aliphatic heterocycles. The summed E-state index contributed by atoms with van der Waals surface area (Å²) in [5.41, 5.74) is 6.26. The van der Waals surface area contributed by atoms with Crippen molar-refractivity contribution in [2.75, 3.05) is 57.6 Å². The fourth-order valence-electron chi connectivity index (χ4n) is 1.88. The van der Waals surface area contributed by atoms with Gasteiger partial charge in [0.15, 0.2) is 0 Å². The lowest BCUT2D eigenvalue weighted by molar-refractivity contribution is 0.0398. The number of hydrogen-bond acceptors (Lipinski definition) is 6. The molecule has 6 heteroatoms. The Bertz CT molecular complexity index is 380. The summed E-state index contributed by atoms with van der Waals surface area (Å²) >= 11 is 0. The molecule has 2 rings (SSSR count). The molecule has 0 radical (unpaired) electrons. The Kier molecular flexibility index (Phi) is 4.60. The number of aromatic nitrogens is 1. The zero-order valence-electron chi connectivity index (χ0n) is 10.7. The first-order chi connectivity index (χ1) is 8.79. The van der Waals surface area contributed by atoms with Crippen LogP contribution in [-0.4, -0.2) is 56.4 Å². The van der Waals surface area contributed by atoms with E-state index in [1.165, 1.54) is 0 Å². The average molecular weight is 252 g/mol. The van der Waals surface area contributed by atoms with Crippen LogP contribution in [0, 0.1) is 0 Å². The van der Waals surface area contributed by atoms with E-state index in [0.29, 0.717) is 11.6 Å². The summed E-state index contributed by atoms with van der Waals surface area (Å²) in [6, 6.07) is 3.65. The molecule has 1 fully saturated rings. The van der Waals surface area contributed by atoms with E-state index < -0.39 is 0 Å². The Balaban J connectivity index is 1.79. The first kappa shape index (κ1) is 12.9. The van der Waals surface area contributed by atoms with Crippen LogP contribution in [0.15, 0.2) is 12.1 Å². The van der Waals surface area contributed by atoms with Gasteiger partial charge in [0.1, 0.15) is 5.82 Å². The van der Waals surface area contributed by atoms with Gasteiger partial charge < -0.3 is 20.5 Å². The summed E-state index contributed by atoms with van der Waals surface area (Å²) < 4.78 is 10.4. The lowest BCUT2D eigenvalue weighted by Crippen LogP contribution is -2.39.